The van der Waals surface area contributed by atoms with E-state index in [0.717, 1.165) is 17.9 Å². The molecule has 1 fully saturated rings. The number of rotatable bonds is 6. The number of nitrogens with zero attached hydrogens (tertiary/aromatic N) is 4. The molecule has 0 saturated heterocycles. The number of carbonyl (C=O) groups is 1. The molecule has 1 aliphatic rings. The van der Waals surface area contributed by atoms with Crippen molar-refractivity contribution in [1.29, 1.82) is 0 Å². The second-order valence-electron chi connectivity index (χ2n) is 7.05. The SMILES string of the molecule is O=C(Nc1ccc(OCC2CC2)cc1)c1cccc(-c2cnc3[nH]nnc3n2)c1. The lowest BCUT2D eigenvalue weighted by Gasteiger charge is -2.09. The second kappa shape index (κ2) is 7.31. The number of carbonyl (C=O) groups excluding carboxylic acids is 1. The van der Waals surface area contributed by atoms with Crippen LogP contribution in [0.3, 0.4) is 0 Å². The Labute approximate surface area is 166 Å². The molecule has 0 unspecified atom stereocenters. The van der Waals surface area contributed by atoms with E-state index in [1.165, 1.54) is 12.8 Å². The van der Waals surface area contributed by atoms with Crippen molar-refractivity contribution in [2.75, 3.05) is 11.9 Å². The summed E-state index contributed by atoms with van der Waals surface area (Å²) in [5.74, 6) is 1.32. The van der Waals surface area contributed by atoms with Crippen molar-refractivity contribution in [2.45, 2.75) is 12.8 Å². The Balaban J connectivity index is 1.30. The Morgan fingerprint density at radius 3 is 2.86 bits per heavy atom. The monoisotopic (exact) mass is 386 g/mol. The summed E-state index contributed by atoms with van der Waals surface area (Å²) < 4.78 is 5.73. The van der Waals surface area contributed by atoms with Crippen molar-refractivity contribution in [1.82, 2.24) is 25.4 Å². The van der Waals surface area contributed by atoms with Crippen LogP contribution in [0.1, 0.15) is 23.2 Å². The molecule has 2 heterocycles. The highest BCUT2D eigenvalue weighted by atomic mass is 16.5. The first kappa shape index (κ1) is 17.3. The fourth-order valence-corrected chi connectivity index (χ4v) is 2.94. The van der Waals surface area contributed by atoms with Crippen molar-refractivity contribution in [3.8, 4) is 17.0 Å². The third-order valence-corrected chi connectivity index (χ3v) is 4.77. The lowest BCUT2D eigenvalue weighted by Crippen LogP contribution is -2.12. The zero-order chi connectivity index (χ0) is 19.6. The molecule has 0 spiro atoms. The smallest absolute Gasteiger partial charge is 0.255 e. The van der Waals surface area contributed by atoms with E-state index in [4.69, 9.17) is 4.74 Å². The summed E-state index contributed by atoms with van der Waals surface area (Å²) in [5, 5.41) is 13.1. The molecule has 29 heavy (non-hydrogen) atoms. The first-order chi connectivity index (χ1) is 14.2. The highest BCUT2D eigenvalue weighted by Gasteiger charge is 2.21. The fraction of sp³-hybridized carbons (Fsp3) is 0.190. The number of benzene rings is 2. The first-order valence-electron chi connectivity index (χ1n) is 9.43. The lowest BCUT2D eigenvalue weighted by molar-refractivity contribution is 0.102. The topological polar surface area (TPSA) is 106 Å². The van der Waals surface area contributed by atoms with E-state index in [0.29, 0.717) is 34.2 Å². The largest absolute Gasteiger partial charge is 0.493 e. The Hall–Kier alpha value is -3.81. The van der Waals surface area contributed by atoms with Gasteiger partial charge in [-0.05, 0) is 55.2 Å². The highest BCUT2D eigenvalue weighted by molar-refractivity contribution is 6.04. The van der Waals surface area contributed by atoms with Crippen LogP contribution < -0.4 is 10.1 Å². The van der Waals surface area contributed by atoms with Gasteiger partial charge >= 0.3 is 0 Å². The van der Waals surface area contributed by atoms with Crippen LogP contribution in [0.4, 0.5) is 5.69 Å². The summed E-state index contributed by atoms with van der Waals surface area (Å²) in [7, 11) is 0. The molecule has 4 aromatic rings. The number of aromatic nitrogens is 5. The zero-order valence-electron chi connectivity index (χ0n) is 15.5. The van der Waals surface area contributed by atoms with Gasteiger partial charge in [-0.1, -0.05) is 17.3 Å². The fourth-order valence-electron chi connectivity index (χ4n) is 2.94. The van der Waals surface area contributed by atoms with E-state index in [-0.39, 0.29) is 5.91 Å². The van der Waals surface area contributed by atoms with Gasteiger partial charge in [0.2, 0.25) is 5.65 Å². The maximum atomic E-state index is 12.7. The Morgan fingerprint density at radius 2 is 2.03 bits per heavy atom. The van der Waals surface area contributed by atoms with E-state index in [2.05, 4.69) is 30.7 Å². The van der Waals surface area contributed by atoms with Crippen LogP contribution in [-0.4, -0.2) is 37.9 Å². The summed E-state index contributed by atoms with van der Waals surface area (Å²) in [4.78, 5) is 21.3. The second-order valence-corrected chi connectivity index (χ2v) is 7.05. The van der Waals surface area contributed by atoms with E-state index in [1.54, 1.807) is 18.3 Å². The third kappa shape index (κ3) is 3.91. The number of anilines is 1. The van der Waals surface area contributed by atoms with Crippen LogP contribution in [0.15, 0.2) is 54.7 Å². The average molecular weight is 386 g/mol. The molecule has 8 nitrogen and oxygen atoms in total. The number of nitrogens with one attached hydrogen (secondary N) is 2. The molecule has 1 aliphatic carbocycles. The minimum atomic E-state index is -0.200. The van der Waals surface area contributed by atoms with E-state index < -0.39 is 0 Å². The summed E-state index contributed by atoms with van der Waals surface area (Å²) in [5.41, 5.74) is 3.59. The predicted octanol–water partition coefficient (Wildman–Crippen LogP) is 3.46. The molecule has 2 aromatic heterocycles. The predicted molar refractivity (Wildman–Crippen MR) is 108 cm³/mol. The van der Waals surface area contributed by atoms with Crippen LogP contribution in [0.25, 0.3) is 22.6 Å². The van der Waals surface area contributed by atoms with Gasteiger partial charge < -0.3 is 10.1 Å². The van der Waals surface area contributed by atoms with E-state index >= 15 is 0 Å². The van der Waals surface area contributed by atoms with Crippen molar-refractivity contribution in [3.05, 3.63) is 60.3 Å². The summed E-state index contributed by atoms with van der Waals surface area (Å²) in [6, 6.07) is 14.6. The highest BCUT2D eigenvalue weighted by Crippen LogP contribution is 2.29. The van der Waals surface area contributed by atoms with Gasteiger partial charge in [0.05, 0.1) is 18.5 Å². The number of hydrogen-bond donors (Lipinski definition) is 2. The van der Waals surface area contributed by atoms with E-state index in [9.17, 15) is 4.79 Å². The molecule has 2 aromatic carbocycles. The standard InChI is InChI=1S/C21H18N6O2/c28-21(23-16-6-8-17(9-7-16)29-12-13-4-5-13)15-3-1-2-14(10-15)18-11-22-19-20(24-18)26-27-25-19/h1-3,6-11,13H,4-5,12H2,(H,23,28)(H,22,24,25,26,27). The van der Waals surface area contributed by atoms with Gasteiger partial charge in [0.1, 0.15) is 5.75 Å². The van der Waals surface area contributed by atoms with Crippen molar-refractivity contribution < 1.29 is 9.53 Å². The lowest BCUT2D eigenvalue weighted by atomic mass is 10.1. The number of aromatic amines is 1. The van der Waals surface area contributed by atoms with Crippen molar-refractivity contribution in [2.24, 2.45) is 5.92 Å². The van der Waals surface area contributed by atoms with Crippen LogP contribution in [0.2, 0.25) is 0 Å². The Kier molecular flexibility index (Phi) is 4.36. The van der Waals surface area contributed by atoms with Crippen LogP contribution in [-0.2, 0) is 0 Å². The zero-order valence-corrected chi connectivity index (χ0v) is 15.5. The van der Waals surface area contributed by atoms with Crippen LogP contribution in [0.5, 0.6) is 5.75 Å². The number of H-pyrrole nitrogens is 1. The van der Waals surface area contributed by atoms with Gasteiger partial charge in [-0.25, -0.2) is 15.1 Å². The summed E-state index contributed by atoms with van der Waals surface area (Å²) in [6.45, 7) is 0.765. The molecule has 1 amide bonds. The Bertz CT molecular complexity index is 1170. The van der Waals surface area contributed by atoms with Crippen LogP contribution >= 0.6 is 0 Å². The molecular formula is C21H18N6O2. The maximum absolute atomic E-state index is 12.7. The third-order valence-electron chi connectivity index (χ3n) is 4.77. The van der Waals surface area contributed by atoms with E-state index in [1.807, 2.05) is 36.4 Å². The molecule has 1 saturated carbocycles. The maximum Gasteiger partial charge on any atom is 0.255 e. The normalized spacial score (nSPS) is 13.4. The summed E-state index contributed by atoms with van der Waals surface area (Å²) in [6.07, 6.45) is 4.13. The molecular weight excluding hydrogens is 368 g/mol. The number of hydrogen-bond acceptors (Lipinski definition) is 6. The number of amides is 1. The molecule has 0 atom stereocenters. The minimum absolute atomic E-state index is 0.200. The van der Waals surface area contributed by atoms with Crippen molar-refractivity contribution >= 4 is 22.9 Å². The molecule has 8 heteroatoms. The quantitative estimate of drug-likeness (QED) is 0.526. The molecule has 5 rings (SSSR count). The van der Waals surface area contributed by atoms with Crippen molar-refractivity contribution in [3.63, 3.8) is 0 Å². The van der Waals surface area contributed by atoms with Gasteiger partial charge in [-0.3, -0.25) is 4.79 Å². The molecule has 0 aliphatic heterocycles. The van der Waals surface area contributed by atoms with Gasteiger partial charge in [0.25, 0.3) is 5.91 Å². The van der Waals surface area contributed by atoms with Gasteiger partial charge in [-0.2, -0.15) is 0 Å². The molecule has 0 radical (unpaired) electrons. The van der Waals surface area contributed by atoms with Gasteiger partial charge in [0.15, 0.2) is 5.65 Å². The molecule has 2 N–H and O–H groups in total. The Morgan fingerprint density at radius 1 is 1.17 bits per heavy atom. The molecule has 0 bridgehead atoms. The summed E-state index contributed by atoms with van der Waals surface area (Å²) >= 11 is 0. The van der Waals surface area contributed by atoms with Crippen LogP contribution in [0, 0.1) is 5.92 Å². The number of ether oxygens (including phenoxy) is 1. The number of fused-ring (bicyclic) bond motifs is 1. The minimum Gasteiger partial charge on any atom is -0.493 e. The molecule has 144 valence electrons. The average Bonchev–Trinajstić information content (AvgIpc) is 3.47. The first-order valence-corrected chi connectivity index (χ1v) is 9.43. The van der Waals surface area contributed by atoms with Gasteiger partial charge in [-0.15, -0.1) is 5.10 Å². The van der Waals surface area contributed by atoms with Gasteiger partial charge in [0, 0.05) is 16.8 Å².